The van der Waals surface area contributed by atoms with Crippen LogP contribution in [0.1, 0.15) is 23.7 Å². The average molecular weight is 413 g/mol. The zero-order valence-electron chi connectivity index (χ0n) is 15.9. The number of carbonyl (C=O) groups is 2. The molecule has 1 unspecified atom stereocenters. The van der Waals surface area contributed by atoms with Gasteiger partial charge in [0.15, 0.2) is 5.92 Å². The summed E-state index contributed by atoms with van der Waals surface area (Å²) in [4.78, 5) is 24.1. The van der Waals surface area contributed by atoms with Crippen molar-refractivity contribution >= 4 is 32.9 Å². The SMILES string of the molecule is COC(=O)[C@@H]1CC(c2cn(S(=O)(=O)c3ccc(C)cc3)c3ccccc23)OC1=O. The van der Waals surface area contributed by atoms with Crippen molar-refractivity contribution in [3.63, 3.8) is 0 Å². The van der Waals surface area contributed by atoms with E-state index >= 15 is 0 Å². The van der Waals surface area contributed by atoms with Gasteiger partial charge in [-0.1, -0.05) is 35.9 Å². The van der Waals surface area contributed by atoms with Crippen molar-refractivity contribution in [2.24, 2.45) is 5.92 Å². The van der Waals surface area contributed by atoms with Crippen molar-refractivity contribution in [2.45, 2.75) is 24.3 Å². The van der Waals surface area contributed by atoms with Crippen molar-refractivity contribution in [1.29, 1.82) is 0 Å². The molecule has 1 saturated heterocycles. The molecule has 2 heterocycles. The summed E-state index contributed by atoms with van der Waals surface area (Å²) in [6, 6.07) is 13.6. The van der Waals surface area contributed by atoms with E-state index in [2.05, 4.69) is 4.74 Å². The van der Waals surface area contributed by atoms with Crippen LogP contribution in [0.3, 0.4) is 0 Å². The van der Waals surface area contributed by atoms with E-state index < -0.39 is 34.0 Å². The van der Waals surface area contributed by atoms with Crippen LogP contribution in [0.2, 0.25) is 0 Å². The highest BCUT2D eigenvalue weighted by Gasteiger charge is 2.42. The minimum atomic E-state index is -3.85. The Morgan fingerprint density at radius 2 is 1.83 bits per heavy atom. The van der Waals surface area contributed by atoms with Crippen LogP contribution in [-0.2, 0) is 29.1 Å². The van der Waals surface area contributed by atoms with E-state index in [1.54, 1.807) is 48.5 Å². The third kappa shape index (κ3) is 3.19. The molecule has 0 radical (unpaired) electrons. The zero-order valence-corrected chi connectivity index (χ0v) is 16.7. The van der Waals surface area contributed by atoms with E-state index in [4.69, 9.17) is 4.74 Å². The number of fused-ring (bicyclic) bond motifs is 1. The third-order valence-electron chi connectivity index (χ3n) is 5.11. The first-order chi connectivity index (χ1) is 13.8. The molecule has 1 fully saturated rings. The number of cyclic esters (lactones) is 1. The predicted molar refractivity (Wildman–Crippen MR) is 105 cm³/mol. The molecule has 0 aliphatic carbocycles. The van der Waals surface area contributed by atoms with Crippen molar-refractivity contribution in [3.8, 4) is 0 Å². The molecule has 4 rings (SSSR count). The summed E-state index contributed by atoms with van der Waals surface area (Å²) in [7, 11) is -2.64. The van der Waals surface area contributed by atoms with Gasteiger partial charge < -0.3 is 9.47 Å². The van der Waals surface area contributed by atoms with E-state index in [9.17, 15) is 18.0 Å². The summed E-state index contributed by atoms with van der Waals surface area (Å²) in [6.45, 7) is 1.88. The van der Waals surface area contributed by atoms with Gasteiger partial charge in [-0.05, 0) is 25.1 Å². The number of ether oxygens (including phenoxy) is 2. The van der Waals surface area contributed by atoms with Gasteiger partial charge in [-0.15, -0.1) is 0 Å². The number of rotatable bonds is 4. The third-order valence-corrected chi connectivity index (χ3v) is 6.80. The Hall–Kier alpha value is -3.13. The Morgan fingerprint density at radius 3 is 2.52 bits per heavy atom. The number of nitrogens with zero attached hydrogens (tertiary/aromatic N) is 1. The Kier molecular flexibility index (Phi) is 4.66. The number of hydrogen-bond donors (Lipinski definition) is 0. The van der Waals surface area contributed by atoms with Crippen LogP contribution in [0.4, 0.5) is 0 Å². The molecule has 150 valence electrons. The van der Waals surface area contributed by atoms with Crippen LogP contribution in [0.15, 0.2) is 59.6 Å². The monoisotopic (exact) mass is 413 g/mol. The highest BCUT2D eigenvalue weighted by molar-refractivity contribution is 7.90. The molecule has 1 aliphatic heterocycles. The van der Waals surface area contributed by atoms with Crippen molar-refractivity contribution < 1.29 is 27.5 Å². The first kappa shape index (κ1) is 19.2. The molecule has 1 aliphatic rings. The van der Waals surface area contributed by atoms with Crippen LogP contribution in [-0.4, -0.2) is 31.4 Å². The molecule has 0 saturated carbocycles. The number of esters is 2. The normalized spacial score (nSPS) is 19.3. The Morgan fingerprint density at radius 1 is 1.14 bits per heavy atom. The quantitative estimate of drug-likeness (QED) is 0.482. The van der Waals surface area contributed by atoms with E-state index in [0.29, 0.717) is 16.5 Å². The summed E-state index contributed by atoms with van der Waals surface area (Å²) in [5, 5.41) is 0.645. The van der Waals surface area contributed by atoms with Gasteiger partial charge in [0, 0.05) is 23.6 Å². The minimum absolute atomic E-state index is 0.101. The fourth-order valence-electron chi connectivity index (χ4n) is 3.56. The van der Waals surface area contributed by atoms with Crippen LogP contribution < -0.4 is 0 Å². The summed E-state index contributed by atoms with van der Waals surface area (Å²) in [5.41, 5.74) is 1.96. The lowest BCUT2D eigenvalue weighted by molar-refractivity contribution is -0.154. The lowest BCUT2D eigenvalue weighted by Crippen LogP contribution is -2.20. The molecule has 0 N–H and O–H groups in total. The summed E-state index contributed by atoms with van der Waals surface area (Å²) in [6.07, 6.45) is 0.840. The smallest absolute Gasteiger partial charge is 0.321 e. The van der Waals surface area contributed by atoms with Crippen LogP contribution >= 0.6 is 0 Å². The topological polar surface area (TPSA) is 91.7 Å². The summed E-state index contributed by atoms with van der Waals surface area (Å²) < 4.78 is 37.8. The number of aromatic nitrogens is 1. The maximum Gasteiger partial charge on any atom is 0.321 e. The first-order valence-electron chi connectivity index (χ1n) is 9.03. The molecule has 0 spiro atoms. The van der Waals surface area contributed by atoms with Gasteiger partial charge in [0.05, 0.1) is 17.5 Å². The minimum Gasteiger partial charge on any atom is -0.468 e. The Bertz CT molecular complexity index is 1210. The maximum atomic E-state index is 13.3. The number of para-hydroxylation sites is 1. The largest absolute Gasteiger partial charge is 0.468 e. The molecule has 0 bridgehead atoms. The number of methoxy groups -OCH3 is 1. The number of carbonyl (C=O) groups excluding carboxylic acids is 2. The molecule has 1 aromatic heterocycles. The van der Waals surface area contributed by atoms with Gasteiger partial charge in [0.25, 0.3) is 10.0 Å². The maximum absolute atomic E-state index is 13.3. The van der Waals surface area contributed by atoms with E-state index in [0.717, 1.165) is 5.56 Å². The molecule has 2 aromatic carbocycles. The fourth-order valence-corrected chi connectivity index (χ4v) is 4.94. The van der Waals surface area contributed by atoms with Crippen molar-refractivity contribution in [2.75, 3.05) is 7.11 Å². The predicted octanol–water partition coefficient (Wildman–Crippen LogP) is 2.96. The molecular formula is C21H19NO6S. The van der Waals surface area contributed by atoms with Crippen LogP contribution in [0, 0.1) is 12.8 Å². The molecule has 2 atom stereocenters. The first-order valence-corrected chi connectivity index (χ1v) is 10.5. The second kappa shape index (κ2) is 7.04. The number of hydrogen-bond acceptors (Lipinski definition) is 6. The Balaban J connectivity index is 1.82. The zero-order chi connectivity index (χ0) is 20.8. The lowest BCUT2D eigenvalue weighted by Gasteiger charge is -2.08. The van der Waals surface area contributed by atoms with Gasteiger partial charge in [-0.25, -0.2) is 12.4 Å². The van der Waals surface area contributed by atoms with Gasteiger partial charge >= 0.3 is 11.9 Å². The molecule has 3 aromatic rings. The fraction of sp³-hybridized carbons (Fsp3) is 0.238. The standard InChI is InChI=1S/C21H19NO6S/c1-13-7-9-14(10-8-13)29(25,26)22-12-17(15-5-3-4-6-18(15)22)19-11-16(20(23)27-2)21(24)28-19/h3-10,12,16,19H,11H2,1-2H3/t16-,19?/m0/s1. The van der Waals surface area contributed by atoms with Gasteiger partial charge in [-0.3, -0.25) is 9.59 Å². The second-order valence-electron chi connectivity index (χ2n) is 6.95. The summed E-state index contributed by atoms with van der Waals surface area (Å²) >= 11 is 0. The van der Waals surface area contributed by atoms with E-state index in [-0.39, 0.29) is 11.3 Å². The van der Waals surface area contributed by atoms with Crippen LogP contribution in [0.5, 0.6) is 0 Å². The average Bonchev–Trinajstić information content (AvgIpc) is 3.29. The van der Waals surface area contributed by atoms with E-state index in [1.165, 1.54) is 17.3 Å². The van der Waals surface area contributed by atoms with Gasteiger partial charge in [0.2, 0.25) is 0 Å². The van der Waals surface area contributed by atoms with Crippen LogP contribution in [0.25, 0.3) is 10.9 Å². The Labute approximate surface area is 167 Å². The molecular weight excluding hydrogens is 394 g/mol. The number of benzene rings is 2. The van der Waals surface area contributed by atoms with Crippen molar-refractivity contribution in [3.05, 3.63) is 65.9 Å². The van der Waals surface area contributed by atoms with E-state index in [1.807, 2.05) is 6.92 Å². The number of aryl methyl sites for hydroxylation is 1. The molecule has 7 nitrogen and oxygen atoms in total. The second-order valence-corrected chi connectivity index (χ2v) is 8.77. The highest BCUT2D eigenvalue weighted by atomic mass is 32.2. The van der Waals surface area contributed by atoms with Gasteiger partial charge in [0.1, 0.15) is 6.10 Å². The molecule has 8 heteroatoms. The molecule has 0 amide bonds. The van der Waals surface area contributed by atoms with Crippen molar-refractivity contribution in [1.82, 2.24) is 3.97 Å². The molecule has 29 heavy (non-hydrogen) atoms. The summed E-state index contributed by atoms with van der Waals surface area (Å²) in [5.74, 6) is -2.34. The van der Waals surface area contributed by atoms with Gasteiger partial charge in [-0.2, -0.15) is 0 Å². The lowest BCUT2D eigenvalue weighted by atomic mass is 10.00. The highest BCUT2D eigenvalue weighted by Crippen LogP contribution is 2.39.